The van der Waals surface area contributed by atoms with E-state index >= 15 is 0 Å². The van der Waals surface area contributed by atoms with E-state index in [1.807, 2.05) is 0 Å². The third-order valence-electron chi connectivity index (χ3n) is 3.49. The molecule has 0 N–H and O–H groups in total. The van der Waals surface area contributed by atoms with Crippen LogP contribution >= 0.6 is 0 Å². The predicted octanol–water partition coefficient (Wildman–Crippen LogP) is 2.62. The van der Waals surface area contributed by atoms with Crippen molar-refractivity contribution in [1.29, 1.82) is 0 Å². The molecule has 1 saturated carbocycles. The first-order valence-corrected chi connectivity index (χ1v) is 5.13. The van der Waals surface area contributed by atoms with Crippen molar-refractivity contribution in [3.8, 4) is 0 Å². The van der Waals surface area contributed by atoms with E-state index in [0.717, 1.165) is 11.8 Å². The molecule has 2 nitrogen and oxygen atoms in total. The van der Waals surface area contributed by atoms with Gasteiger partial charge >= 0.3 is 0 Å². The smallest absolute Gasteiger partial charge is 0.293 e. The van der Waals surface area contributed by atoms with Gasteiger partial charge in [-0.3, -0.25) is 4.79 Å². The second-order valence-corrected chi connectivity index (χ2v) is 4.92. The molecule has 1 rings (SSSR count). The number of hydrogen-bond acceptors (Lipinski definition) is 2. The Hall–Kier alpha value is -0.530. The van der Waals surface area contributed by atoms with Crippen molar-refractivity contribution in [2.24, 2.45) is 17.3 Å². The second kappa shape index (κ2) is 4.12. The first-order chi connectivity index (χ1) is 6.07. The van der Waals surface area contributed by atoms with Gasteiger partial charge in [-0.25, -0.2) is 0 Å². The van der Waals surface area contributed by atoms with Gasteiger partial charge in [-0.2, -0.15) is 0 Å². The van der Waals surface area contributed by atoms with E-state index in [9.17, 15) is 4.79 Å². The number of carbonyl (C=O) groups is 1. The van der Waals surface area contributed by atoms with Crippen molar-refractivity contribution in [3.05, 3.63) is 0 Å². The van der Waals surface area contributed by atoms with Gasteiger partial charge in [0.15, 0.2) is 0 Å². The largest absolute Gasteiger partial charge is 0.467 e. The van der Waals surface area contributed by atoms with Crippen LogP contribution in [0.3, 0.4) is 0 Å². The van der Waals surface area contributed by atoms with E-state index < -0.39 is 0 Å². The van der Waals surface area contributed by atoms with Gasteiger partial charge in [0.05, 0.1) is 6.61 Å². The third-order valence-corrected chi connectivity index (χ3v) is 3.49. The average Bonchev–Trinajstić information content (AvgIpc) is 2.09. The topological polar surface area (TPSA) is 26.3 Å². The Labute approximate surface area is 80.7 Å². The summed E-state index contributed by atoms with van der Waals surface area (Å²) >= 11 is 0. The quantitative estimate of drug-likeness (QED) is 0.630. The highest BCUT2D eigenvalue weighted by Gasteiger charge is 2.34. The van der Waals surface area contributed by atoms with E-state index in [1.165, 1.54) is 19.3 Å². The molecule has 2 heteroatoms. The molecule has 0 aromatic heterocycles. The first kappa shape index (κ1) is 10.6. The molecule has 0 aromatic rings. The van der Waals surface area contributed by atoms with Crippen LogP contribution < -0.4 is 0 Å². The molecule has 1 aliphatic carbocycles. The second-order valence-electron chi connectivity index (χ2n) is 4.92. The van der Waals surface area contributed by atoms with E-state index in [4.69, 9.17) is 4.74 Å². The molecule has 13 heavy (non-hydrogen) atoms. The Balaban J connectivity index is 2.46. The molecule has 0 radical (unpaired) electrons. The summed E-state index contributed by atoms with van der Waals surface area (Å²) in [5, 5.41) is 0. The minimum absolute atomic E-state index is 0.229. The maximum Gasteiger partial charge on any atom is 0.293 e. The molecule has 76 valence electrons. The molecule has 1 aliphatic rings. The summed E-state index contributed by atoms with van der Waals surface area (Å²) in [6.07, 6.45) is 3.63. The van der Waals surface area contributed by atoms with Gasteiger partial charge in [-0.15, -0.1) is 0 Å². The number of rotatable bonds is 3. The molecule has 0 spiro atoms. The minimum Gasteiger partial charge on any atom is -0.467 e. The van der Waals surface area contributed by atoms with Crippen LogP contribution in [0.4, 0.5) is 0 Å². The molecule has 1 fully saturated rings. The minimum atomic E-state index is 0.229. The van der Waals surface area contributed by atoms with E-state index in [0.29, 0.717) is 13.1 Å². The SMILES string of the molecule is C[C@@H]1CC(C)(COC=O)CC[C@@H]1C. The zero-order chi connectivity index (χ0) is 9.90. The van der Waals surface area contributed by atoms with Crippen LogP contribution in [0.1, 0.15) is 40.0 Å². The number of carbonyl (C=O) groups excluding carboxylic acids is 1. The summed E-state index contributed by atoms with van der Waals surface area (Å²) in [6.45, 7) is 7.98. The van der Waals surface area contributed by atoms with Crippen LogP contribution in [0.5, 0.6) is 0 Å². The summed E-state index contributed by atoms with van der Waals surface area (Å²) in [5.74, 6) is 1.58. The molecule has 0 aliphatic heterocycles. The lowest BCUT2D eigenvalue weighted by atomic mass is 9.68. The summed E-state index contributed by atoms with van der Waals surface area (Å²) in [4.78, 5) is 10.1. The lowest BCUT2D eigenvalue weighted by molar-refractivity contribution is -0.133. The van der Waals surface area contributed by atoms with Crippen molar-refractivity contribution in [1.82, 2.24) is 0 Å². The predicted molar refractivity (Wildman–Crippen MR) is 52.3 cm³/mol. The van der Waals surface area contributed by atoms with Crippen LogP contribution in [0.15, 0.2) is 0 Å². The van der Waals surface area contributed by atoms with Gasteiger partial charge in [0.1, 0.15) is 0 Å². The summed E-state index contributed by atoms with van der Waals surface area (Å²) in [6, 6.07) is 0. The van der Waals surface area contributed by atoms with Crippen LogP contribution in [0, 0.1) is 17.3 Å². The molecule has 3 atom stereocenters. The molecule has 0 aromatic carbocycles. The van der Waals surface area contributed by atoms with Gasteiger partial charge in [0.2, 0.25) is 0 Å². The van der Waals surface area contributed by atoms with Gasteiger partial charge in [-0.05, 0) is 31.1 Å². The molecule has 1 unspecified atom stereocenters. The van der Waals surface area contributed by atoms with Crippen molar-refractivity contribution in [3.63, 3.8) is 0 Å². The van der Waals surface area contributed by atoms with Crippen LogP contribution in [0.2, 0.25) is 0 Å². The highest BCUT2D eigenvalue weighted by molar-refractivity contribution is 5.37. The molecule has 0 heterocycles. The van der Waals surface area contributed by atoms with Gasteiger partial charge in [0.25, 0.3) is 6.47 Å². The summed E-state index contributed by atoms with van der Waals surface area (Å²) < 4.78 is 4.88. The Kier molecular flexibility index (Phi) is 3.34. The highest BCUT2D eigenvalue weighted by Crippen LogP contribution is 2.41. The molecule has 0 bridgehead atoms. The highest BCUT2D eigenvalue weighted by atomic mass is 16.5. The zero-order valence-electron chi connectivity index (χ0n) is 8.88. The fraction of sp³-hybridized carbons (Fsp3) is 0.909. The Morgan fingerprint density at radius 3 is 2.69 bits per heavy atom. The third kappa shape index (κ3) is 2.71. The normalized spacial score (nSPS) is 39.9. The Morgan fingerprint density at radius 2 is 2.15 bits per heavy atom. The van der Waals surface area contributed by atoms with Gasteiger partial charge < -0.3 is 4.74 Å². The standard InChI is InChI=1S/C11H20O2/c1-9-4-5-11(3,6-10(9)2)7-13-8-12/h8-10H,4-7H2,1-3H3/t9-,10+,11?/m0/s1. The summed E-state index contributed by atoms with van der Waals surface area (Å²) in [7, 11) is 0. The fourth-order valence-electron chi connectivity index (χ4n) is 2.31. The lowest BCUT2D eigenvalue weighted by Crippen LogP contribution is -2.33. The molecule has 0 saturated heterocycles. The van der Waals surface area contributed by atoms with E-state index in [2.05, 4.69) is 20.8 Å². The first-order valence-electron chi connectivity index (χ1n) is 5.13. The number of hydrogen-bond donors (Lipinski definition) is 0. The van der Waals surface area contributed by atoms with Crippen molar-refractivity contribution < 1.29 is 9.53 Å². The van der Waals surface area contributed by atoms with Crippen molar-refractivity contribution in [2.75, 3.05) is 6.61 Å². The van der Waals surface area contributed by atoms with Crippen LogP contribution in [-0.2, 0) is 9.53 Å². The monoisotopic (exact) mass is 184 g/mol. The Morgan fingerprint density at radius 1 is 1.46 bits per heavy atom. The van der Waals surface area contributed by atoms with Crippen LogP contribution in [-0.4, -0.2) is 13.1 Å². The molecular formula is C11H20O2. The lowest BCUT2D eigenvalue weighted by Gasteiger charge is -2.39. The molecular weight excluding hydrogens is 164 g/mol. The maximum absolute atomic E-state index is 10.1. The van der Waals surface area contributed by atoms with E-state index in [1.54, 1.807) is 0 Å². The fourth-order valence-corrected chi connectivity index (χ4v) is 2.31. The molecule has 0 amide bonds. The Bertz CT molecular complexity index is 179. The van der Waals surface area contributed by atoms with Gasteiger partial charge in [0, 0.05) is 5.41 Å². The average molecular weight is 184 g/mol. The maximum atomic E-state index is 10.1. The summed E-state index contributed by atoms with van der Waals surface area (Å²) in [5.41, 5.74) is 0.229. The number of ether oxygens (including phenoxy) is 1. The van der Waals surface area contributed by atoms with Crippen molar-refractivity contribution >= 4 is 6.47 Å². The zero-order valence-corrected chi connectivity index (χ0v) is 8.88. The van der Waals surface area contributed by atoms with Crippen molar-refractivity contribution in [2.45, 2.75) is 40.0 Å². The van der Waals surface area contributed by atoms with E-state index in [-0.39, 0.29) is 5.41 Å². The van der Waals surface area contributed by atoms with Gasteiger partial charge in [-0.1, -0.05) is 20.8 Å². The van der Waals surface area contributed by atoms with Crippen LogP contribution in [0.25, 0.3) is 0 Å².